The number of pyridine rings is 1. The standard InChI is InChI=1S/C24H22F4N2OSi/c1-16-5-7-17(8-6-16)18-9-12-22(30-14-18)24(27,28)23(15-29,31-32(2,3)4)20-11-10-19(25)13-21(20)26/h5-14H,1-4H3/t23-/m1/s1. The molecule has 0 amide bonds. The molecule has 0 aliphatic rings. The summed E-state index contributed by atoms with van der Waals surface area (Å²) < 4.78 is 65.6. The molecule has 0 aliphatic carbocycles. The molecule has 3 rings (SSSR count). The SMILES string of the molecule is Cc1ccc(-c2ccc(C(F)(F)[C@](C#N)(O[Si](C)(C)C)c3ccc(F)cc3F)nc2)cc1. The summed E-state index contributed by atoms with van der Waals surface area (Å²) in [5, 5.41) is 9.92. The Hall–Kier alpha value is -3.02. The molecule has 0 fully saturated rings. The lowest BCUT2D eigenvalue weighted by molar-refractivity contribution is -0.156. The number of alkyl halides is 2. The lowest BCUT2D eigenvalue weighted by Crippen LogP contribution is -2.51. The van der Waals surface area contributed by atoms with E-state index in [1.165, 1.54) is 18.3 Å². The van der Waals surface area contributed by atoms with Gasteiger partial charge in [0.2, 0.25) is 5.60 Å². The van der Waals surface area contributed by atoms with E-state index in [0.29, 0.717) is 11.6 Å². The van der Waals surface area contributed by atoms with Crippen molar-refractivity contribution in [3.63, 3.8) is 0 Å². The third-order valence-electron chi connectivity index (χ3n) is 4.84. The molecular weight excluding hydrogens is 436 g/mol. The molecule has 0 saturated heterocycles. The van der Waals surface area contributed by atoms with Crippen molar-refractivity contribution in [3.05, 3.63) is 89.2 Å². The van der Waals surface area contributed by atoms with Gasteiger partial charge >= 0.3 is 5.92 Å². The molecular formula is C24H22F4N2OSi. The van der Waals surface area contributed by atoms with E-state index in [2.05, 4.69) is 4.98 Å². The van der Waals surface area contributed by atoms with E-state index in [9.17, 15) is 14.0 Å². The second-order valence-electron chi connectivity index (χ2n) is 8.50. The highest BCUT2D eigenvalue weighted by atomic mass is 28.4. The second kappa shape index (κ2) is 8.49. The first-order valence-corrected chi connectivity index (χ1v) is 13.3. The van der Waals surface area contributed by atoms with Crippen LogP contribution in [-0.4, -0.2) is 13.3 Å². The molecule has 0 bridgehead atoms. The van der Waals surface area contributed by atoms with Crippen LogP contribution >= 0.6 is 0 Å². The van der Waals surface area contributed by atoms with E-state index in [4.69, 9.17) is 4.43 Å². The van der Waals surface area contributed by atoms with Crippen molar-refractivity contribution in [1.29, 1.82) is 5.26 Å². The minimum Gasteiger partial charge on any atom is -0.392 e. The zero-order chi connectivity index (χ0) is 23.7. The maximum atomic E-state index is 15.9. The van der Waals surface area contributed by atoms with Gasteiger partial charge in [-0.05, 0) is 50.3 Å². The molecule has 0 saturated carbocycles. The third kappa shape index (κ3) is 4.45. The lowest BCUT2D eigenvalue weighted by atomic mass is 9.86. The van der Waals surface area contributed by atoms with Crippen molar-refractivity contribution < 1.29 is 22.0 Å². The number of halogens is 4. The summed E-state index contributed by atoms with van der Waals surface area (Å²) in [7, 11) is -2.84. The van der Waals surface area contributed by atoms with Crippen LogP contribution in [0.2, 0.25) is 19.6 Å². The lowest BCUT2D eigenvalue weighted by Gasteiger charge is -2.39. The van der Waals surface area contributed by atoms with Crippen molar-refractivity contribution >= 4 is 8.32 Å². The van der Waals surface area contributed by atoms with Gasteiger partial charge in [0, 0.05) is 23.4 Å². The van der Waals surface area contributed by atoms with Gasteiger partial charge < -0.3 is 4.43 Å². The molecule has 1 aromatic heterocycles. The molecule has 1 atom stereocenters. The fourth-order valence-corrected chi connectivity index (χ4v) is 4.55. The molecule has 0 unspecified atom stereocenters. The van der Waals surface area contributed by atoms with Crippen molar-refractivity contribution in [2.45, 2.75) is 38.1 Å². The van der Waals surface area contributed by atoms with Crippen LogP contribution in [0.1, 0.15) is 16.8 Å². The summed E-state index contributed by atoms with van der Waals surface area (Å²) in [6.45, 7) is 6.74. The second-order valence-corrected chi connectivity index (χ2v) is 12.9. The minimum absolute atomic E-state index is 0.457. The molecule has 2 aromatic carbocycles. The van der Waals surface area contributed by atoms with Gasteiger partial charge in [0.1, 0.15) is 23.4 Å². The number of aryl methyl sites for hydroxylation is 1. The summed E-state index contributed by atoms with van der Waals surface area (Å²) in [4.78, 5) is 3.90. The van der Waals surface area contributed by atoms with Gasteiger partial charge in [-0.1, -0.05) is 35.9 Å². The van der Waals surface area contributed by atoms with Crippen molar-refractivity contribution in [3.8, 4) is 17.2 Å². The summed E-state index contributed by atoms with van der Waals surface area (Å²) in [5.41, 5.74) is -2.07. The fraction of sp³-hybridized carbons (Fsp3) is 0.250. The average Bonchev–Trinajstić information content (AvgIpc) is 2.72. The fourth-order valence-electron chi connectivity index (χ4n) is 3.35. The first kappa shape index (κ1) is 23.6. The molecule has 1 heterocycles. The molecule has 0 aliphatic heterocycles. The largest absolute Gasteiger partial charge is 0.392 e. The van der Waals surface area contributed by atoms with Crippen LogP contribution in [0.15, 0.2) is 60.8 Å². The topological polar surface area (TPSA) is 45.9 Å². The maximum absolute atomic E-state index is 15.9. The number of nitriles is 1. The Morgan fingerprint density at radius 2 is 1.56 bits per heavy atom. The quantitative estimate of drug-likeness (QED) is 0.305. The van der Waals surface area contributed by atoms with E-state index >= 15 is 8.78 Å². The van der Waals surface area contributed by atoms with Gasteiger partial charge in [-0.3, -0.25) is 4.98 Å². The summed E-state index contributed by atoms with van der Waals surface area (Å²) in [6, 6.07) is 13.6. The van der Waals surface area contributed by atoms with Crippen LogP contribution in [0.25, 0.3) is 11.1 Å². The highest BCUT2D eigenvalue weighted by Gasteiger charge is 2.61. The predicted molar refractivity (Wildman–Crippen MR) is 116 cm³/mol. The van der Waals surface area contributed by atoms with Crippen LogP contribution in [-0.2, 0) is 15.9 Å². The smallest absolute Gasteiger partial charge is 0.334 e. The van der Waals surface area contributed by atoms with Crippen LogP contribution in [0.3, 0.4) is 0 Å². The zero-order valence-corrected chi connectivity index (χ0v) is 19.1. The van der Waals surface area contributed by atoms with Crippen LogP contribution in [0, 0.1) is 29.9 Å². The molecule has 3 aromatic rings. The predicted octanol–water partition coefficient (Wildman–Crippen LogP) is 6.70. The van der Waals surface area contributed by atoms with E-state index in [-0.39, 0.29) is 0 Å². The van der Waals surface area contributed by atoms with Gasteiger partial charge in [0.25, 0.3) is 0 Å². The van der Waals surface area contributed by atoms with E-state index in [1.54, 1.807) is 19.6 Å². The number of hydrogen-bond donors (Lipinski definition) is 0. The van der Waals surface area contributed by atoms with Crippen LogP contribution in [0.4, 0.5) is 17.6 Å². The molecule has 32 heavy (non-hydrogen) atoms. The minimum atomic E-state index is -4.04. The summed E-state index contributed by atoms with van der Waals surface area (Å²) in [5.74, 6) is -6.28. The zero-order valence-electron chi connectivity index (χ0n) is 18.1. The van der Waals surface area contributed by atoms with Crippen molar-refractivity contribution in [2.24, 2.45) is 0 Å². The van der Waals surface area contributed by atoms with Gasteiger partial charge in [-0.2, -0.15) is 14.0 Å². The molecule has 0 radical (unpaired) electrons. The van der Waals surface area contributed by atoms with Crippen molar-refractivity contribution in [1.82, 2.24) is 4.98 Å². The summed E-state index contributed by atoms with van der Waals surface area (Å²) in [6.07, 6.45) is 1.27. The van der Waals surface area contributed by atoms with E-state index in [1.807, 2.05) is 31.2 Å². The van der Waals surface area contributed by atoms with Crippen LogP contribution in [0.5, 0.6) is 0 Å². The first-order valence-electron chi connectivity index (χ1n) is 9.88. The Bertz CT molecular complexity index is 1150. The van der Waals surface area contributed by atoms with Crippen LogP contribution < -0.4 is 0 Å². The van der Waals surface area contributed by atoms with Gasteiger partial charge in [-0.25, -0.2) is 8.78 Å². The third-order valence-corrected chi connectivity index (χ3v) is 5.76. The number of aromatic nitrogens is 1. The number of rotatable bonds is 6. The molecule has 166 valence electrons. The average molecular weight is 459 g/mol. The highest BCUT2D eigenvalue weighted by molar-refractivity contribution is 6.69. The van der Waals surface area contributed by atoms with E-state index < -0.39 is 42.7 Å². The Labute approximate surface area is 185 Å². The van der Waals surface area contributed by atoms with Gasteiger partial charge in [0.05, 0.1) is 0 Å². The number of hydrogen-bond acceptors (Lipinski definition) is 3. The van der Waals surface area contributed by atoms with Crippen molar-refractivity contribution in [2.75, 3.05) is 0 Å². The molecule has 0 spiro atoms. The van der Waals surface area contributed by atoms with Gasteiger partial charge in [-0.15, -0.1) is 0 Å². The van der Waals surface area contributed by atoms with Gasteiger partial charge in [0.15, 0.2) is 8.32 Å². The summed E-state index contributed by atoms with van der Waals surface area (Å²) >= 11 is 0. The monoisotopic (exact) mass is 458 g/mol. The Morgan fingerprint density at radius 3 is 2.06 bits per heavy atom. The highest BCUT2D eigenvalue weighted by Crippen LogP contribution is 2.49. The first-order chi connectivity index (χ1) is 14.9. The van der Waals surface area contributed by atoms with E-state index in [0.717, 1.165) is 29.3 Å². The number of nitrogens with zero attached hydrogens (tertiary/aromatic N) is 2. The number of benzene rings is 2. The Balaban J connectivity index is 2.14. The molecule has 0 N–H and O–H groups in total. The Morgan fingerprint density at radius 1 is 0.938 bits per heavy atom. The molecule has 8 heteroatoms. The maximum Gasteiger partial charge on any atom is 0.334 e. The normalized spacial score (nSPS) is 14.0. The Kier molecular flexibility index (Phi) is 6.27. The molecule has 3 nitrogen and oxygen atoms in total.